The van der Waals surface area contributed by atoms with Crippen molar-refractivity contribution in [1.82, 2.24) is 20.2 Å². The summed E-state index contributed by atoms with van der Waals surface area (Å²) in [7, 11) is -2.04. The Balaban J connectivity index is 2.69. The standard InChI is InChI=1S/C4H9N5O3S/c1-9-6-4(5-8-9)7-13(11,12)3-2-10/h10H,2-3H2,1H3,(H,6,7). The van der Waals surface area contributed by atoms with Gasteiger partial charge in [-0.15, -0.1) is 5.10 Å². The van der Waals surface area contributed by atoms with Crippen molar-refractivity contribution in [3.8, 4) is 0 Å². The summed E-state index contributed by atoms with van der Waals surface area (Å²) in [6, 6.07) is 0. The fourth-order valence-corrected chi connectivity index (χ4v) is 1.34. The van der Waals surface area contributed by atoms with Gasteiger partial charge in [0, 0.05) is 0 Å². The number of anilines is 1. The molecule has 0 aromatic carbocycles. The predicted octanol–water partition coefficient (Wildman–Crippen LogP) is -2.06. The smallest absolute Gasteiger partial charge is 0.276 e. The van der Waals surface area contributed by atoms with Crippen LogP contribution in [0.5, 0.6) is 0 Å². The summed E-state index contributed by atoms with van der Waals surface area (Å²) < 4.78 is 24.1. The Bertz CT molecular complexity index is 371. The minimum atomic E-state index is -3.55. The van der Waals surface area contributed by atoms with E-state index in [1.807, 2.05) is 4.72 Å². The highest BCUT2D eigenvalue weighted by molar-refractivity contribution is 7.92. The van der Waals surface area contributed by atoms with Crippen LogP contribution >= 0.6 is 0 Å². The zero-order chi connectivity index (χ0) is 9.90. The van der Waals surface area contributed by atoms with Gasteiger partial charge in [-0.05, 0) is 5.21 Å². The number of aliphatic hydroxyl groups is 1. The highest BCUT2D eigenvalue weighted by atomic mass is 32.2. The second kappa shape index (κ2) is 3.66. The van der Waals surface area contributed by atoms with Crippen molar-refractivity contribution in [2.24, 2.45) is 7.05 Å². The molecule has 0 atom stereocenters. The zero-order valence-corrected chi connectivity index (χ0v) is 7.69. The summed E-state index contributed by atoms with van der Waals surface area (Å²) in [4.78, 5) is 1.12. The highest BCUT2D eigenvalue weighted by Crippen LogP contribution is 1.97. The van der Waals surface area contributed by atoms with Crippen LogP contribution in [0.15, 0.2) is 0 Å². The summed E-state index contributed by atoms with van der Waals surface area (Å²) in [5, 5.41) is 18.8. The van der Waals surface area contributed by atoms with Crippen LogP contribution in [0, 0.1) is 0 Å². The Morgan fingerprint density at radius 1 is 1.62 bits per heavy atom. The van der Waals surface area contributed by atoms with Crippen molar-refractivity contribution in [2.45, 2.75) is 0 Å². The van der Waals surface area contributed by atoms with Gasteiger partial charge in [0.25, 0.3) is 5.95 Å². The molecule has 0 fully saturated rings. The second-order valence-corrected chi connectivity index (χ2v) is 4.09. The average molecular weight is 207 g/mol. The lowest BCUT2D eigenvalue weighted by Crippen LogP contribution is -2.19. The highest BCUT2D eigenvalue weighted by Gasteiger charge is 2.12. The van der Waals surface area contributed by atoms with E-state index in [0.29, 0.717) is 0 Å². The van der Waals surface area contributed by atoms with Crippen molar-refractivity contribution in [3.05, 3.63) is 0 Å². The molecular formula is C4H9N5O3S. The lowest BCUT2D eigenvalue weighted by molar-refractivity contribution is 0.320. The van der Waals surface area contributed by atoms with E-state index in [0.717, 1.165) is 4.80 Å². The monoisotopic (exact) mass is 207 g/mol. The summed E-state index contributed by atoms with van der Waals surface area (Å²) in [5.74, 6) is -0.485. The van der Waals surface area contributed by atoms with Gasteiger partial charge in [-0.25, -0.2) is 13.1 Å². The SMILES string of the molecule is Cn1nnc(NS(=O)(=O)CCO)n1. The fraction of sp³-hybridized carbons (Fsp3) is 0.750. The number of nitrogens with one attached hydrogen (secondary N) is 1. The molecule has 1 aromatic heterocycles. The van der Waals surface area contributed by atoms with Crippen LogP contribution in [-0.2, 0) is 17.1 Å². The van der Waals surface area contributed by atoms with E-state index in [4.69, 9.17) is 5.11 Å². The maximum Gasteiger partial charge on any atom is 0.276 e. The van der Waals surface area contributed by atoms with Crippen LogP contribution in [-0.4, -0.2) is 46.1 Å². The number of hydrogen-bond acceptors (Lipinski definition) is 6. The van der Waals surface area contributed by atoms with E-state index in [9.17, 15) is 8.42 Å². The lowest BCUT2D eigenvalue weighted by atomic mass is 10.9. The van der Waals surface area contributed by atoms with E-state index < -0.39 is 16.6 Å². The molecule has 0 aliphatic rings. The molecule has 2 N–H and O–H groups in total. The third-order valence-corrected chi connectivity index (χ3v) is 2.33. The molecule has 0 spiro atoms. The number of nitrogens with zero attached hydrogens (tertiary/aromatic N) is 4. The molecule has 1 rings (SSSR count). The molecule has 0 saturated heterocycles. The van der Waals surface area contributed by atoms with Gasteiger partial charge < -0.3 is 5.11 Å². The topological polar surface area (TPSA) is 110 Å². The minimum absolute atomic E-state index is 0.101. The van der Waals surface area contributed by atoms with Crippen LogP contribution < -0.4 is 4.72 Å². The van der Waals surface area contributed by atoms with Crippen LogP contribution in [0.3, 0.4) is 0 Å². The summed E-state index contributed by atoms with van der Waals surface area (Å²) >= 11 is 0. The molecule has 0 saturated carbocycles. The first-order chi connectivity index (χ1) is 6.03. The minimum Gasteiger partial charge on any atom is -0.395 e. The van der Waals surface area contributed by atoms with Crippen LogP contribution in [0.25, 0.3) is 0 Å². The first kappa shape index (κ1) is 9.86. The van der Waals surface area contributed by atoms with Crippen molar-refractivity contribution in [3.63, 3.8) is 0 Å². The number of aliphatic hydroxyl groups excluding tert-OH is 1. The van der Waals surface area contributed by atoms with Gasteiger partial charge >= 0.3 is 0 Å². The number of aryl methyl sites for hydroxylation is 1. The molecular weight excluding hydrogens is 198 g/mol. The maximum absolute atomic E-state index is 11.0. The third kappa shape index (κ3) is 2.95. The molecule has 1 heterocycles. The second-order valence-electron chi connectivity index (χ2n) is 2.25. The van der Waals surface area contributed by atoms with Gasteiger partial charge in [-0.1, -0.05) is 5.10 Å². The number of tetrazole rings is 1. The Kier molecular flexibility index (Phi) is 2.78. The summed E-state index contributed by atoms with van der Waals surface area (Å²) in [5.41, 5.74) is 0. The first-order valence-corrected chi connectivity index (χ1v) is 5.04. The number of rotatable bonds is 4. The lowest BCUT2D eigenvalue weighted by Gasteiger charge is -1.99. The van der Waals surface area contributed by atoms with Crippen molar-refractivity contribution in [2.75, 3.05) is 17.1 Å². The number of hydrogen-bond donors (Lipinski definition) is 2. The van der Waals surface area contributed by atoms with Gasteiger partial charge in [-0.3, -0.25) is 0 Å². The maximum atomic E-state index is 11.0. The third-order valence-electron chi connectivity index (χ3n) is 1.12. The molecule has 0 bridgehead atoms. The van der Waals surface area contributed by atoms with Gasteiger partial charge in [0.15, 0.2) is 0 Å². The number of aromatic nitrogens is 4. The molecule has 1 aromatic rings. The molecule has 0 aliphatic heterocycles. The Morgan fingerprint density at radius 3 is 2.77 bits per heavy atom. The van der Waals surface area contributed by atoms with E-state index >= 15 is 0 Å². The van der Waals surface area contributed by atoms with Crippen LogP contribution in [0.1, 0.15) is 0 Å². The summed E-state index contributed by atoms with van der Waals surface area (Å²) in [6.45, 7) is -0.449. The Hall–Kier alpha value is -1.22. The quantitative estimate of drug-likeness (QED) is 0.587. The molecule has 9 heteroatoms. The molecule has 0 unspecified atom stereocenters. The molecule has 13 heavy (non-hydrogen) atoms. The van der Waals surface area contributed by atoms with Gasteiger partial charge in [0.1, 0.15) is 0 Å². The molecule has 74 valence electrons. The summed E-state index contributed by atoms with van der Waals surface area (Å²) in [6.07, 6.45) is 0. The normalized spacial score (nSPS) is 11.5. The number of sulfonamides is 1. The zero-order valence-electron chi connectivity index (χ0n) is 6.88. The Labute approximate surface area is 74.6 Å². The first-order valence-electron chi connectivity index (χ1n) is 3.39. The molecule has 0 radical (unpaired) electrons. The van der Waals surface area contributed by atoms with Crippen LogP contribution in [0.4, 0.5) is 5.95 Å². The average Bonchev–Trinajstić information content (AvgIpc) is 2.34. The van der Waals surface area contributed by atoms with Crippen molar-refractivity contribution < 1.29 is 13.5 Å². The van der Waals surface area contributed by atoms with Crippen molar-refractivity contribution in [1.29, 1.82) is 0 Å². The van der Waals surface area contributed by atoms with Crippen molar-refractivity contribution >= 4 is 16.0 Å². The van der Waals surface area contributed by atoms with Gasteiger partial charge in [0.05, 0.1) is 19.4 Å². The fourth-order valence-electron chi connectivity index (χ4n) is 0.635. The molecule has 0 amide bonds. The van der Waals surface area contributed by atoms with E-state index in [-0.39, 0.29) is 11.7 Å². The van der Waals surface area contributed by atoms with E-state index in [2.05, 4.69) is 15.4 Å². The van der Waals surface area contributed by atoms with Gasteiger partial charge in [-0.2, -0.15) is 4.80 Å². The Morgan fingerprint density at radius 2 is 2.31 bits per heavy atom. The van der Waals surface area contributed by atoms with Crippen LogP contribution in [0.2, 0.25) is 0 Å². The molecule has 0 aliphatic carbocycles. The van der Waals surface area contributed by atoms with E-state index in [1.54, 1.807) is 0 Å². The largest absolute Gasteiger partial charge is 0.395 e. The van der Waals surface area contributed by atoms with Gasteiger partial charge in [0.2, 0.25) is 10.0 Å². The molecule has 8 nitrogen and oxygen atoms in total. The predicted molar refractivity (Wildman–Crippen MR) is 43.3 cm³/mol. The van der Waals surface area contributed by atoms with E-state index in [1.165, 1.54) is 7.05 Å².